The molecular weight excluding hydrogens is 901 g/mol. The molecule has 0 rings (SSSR count). The molecule has 0 bridgehead atoms. The maximum absolute atomic E-state index is 13.8. The Balaban J connectivity index is 6.21. The summed E-state index contributed by atoms with van der Waals surface area (Å²) in [5, 5.41) is 56.8. The molecule has 10 atom stereocenters. The first-order chi connectivity index (χ1) is 31.4. The molecule has 27 nitrogen and oxygen atoms in total. The van der Waals surface area contributed by atoms with E-state index in [-0.39, 0.29) is 37.7 Å². The zero-order valence-corrected chi connectivity index (χ0v) is 39.9. The Hall–Kier alpha value is -6.64. The van der Waals surface area contributed by atoms with Gasteiger partial charge in [0.15, 0.2) is 12.0 Å². The summed E-state index contributed by atoms with van der Waals surface area (Å²) in [5.74, 6) is -13.6. The molecule has 0 aliphatic rings. The Kier molecular flexibility index (Phi) is 27.0. The van der Waals surface area contributed by atoms with Gasteiger partial charge in [-0.1, -0.05) is 41.5 Å². The maximum Gasteiger partial charge on any atom is 0.328 e. The van der Waals surface area contributed by atoms with Gasteiger partial charge in [-0.3, -0.25) is 52.9 Å². The molecule has 386 valence electrons. The molecule has 0 saturated heterocycles. The minimum absolute atomic E-state index is 0.0617. The number of aliphatic imine (C=N–C) groups is 1. The number of amides is 8. The number of guanidine groups is 1. The van der Waals surface area contributed by atoms with Crippen molar-refractivity contribution in [2.24, 2.45) is 39.9 Å². The minimum atomic E-state index is -1.71. The molecule has 0 radical (unpaired) electrons. The maximum atomic E-state index is 13.8. The van der Waals surface area contributed by atoms with E-state index in [1.165, 1.54) is 13.8 Å². The van der Waals surface area contributed by atoms with Crippen LogP contribution >= 0.6 is 0 Å². The molecule has 0 aromatic carbocycles. The van der Waals surface area contributed by atoms with Crippen molar-refractivity contribution in [3.63, 3.8) is 0 Å². The first kappa shape index (κ1) is 61.4. The van der Waals surface area contributed by atoms with Crippen LogP contribution in [0.25, 0.3) is 0 Å². The smallest absolute Gasteiger partial charge is 0.328 e. The summed E-state index contributed by atoms with van der Waals surface area (Å²) in [6.45, 7) is 13.4. The first-order valence-corrected chi connectivity index (χ1v) is 22.0. The van der Waals surface area contributed by atoms with E-state index in [0.717, 1.165) is 6.92 Å². The monoisotopic (exact) mass is 973 g/mol. The number of carboxylic acid groups (broad SMARTS) is 3. The summed E-state index contributed by atoms with van der Waals surface area (Å²) < 4.78 is 0. The second kappa shape index (κ2) is 29.9. The molecule has 0 aliphatic heterocycles. The van der Waals surface area contributed by atoms with Crippen LogP contribution in [-0.2, 0) is 52.7 Å². The highest BCUT2D eigenvalue weighted by atomic mass is 16.4. The third-order valence-electron chi connectivity index (χ3n) is 9.98. The van der Waals surface area contributed by atoms with Crippen LogP contribution in [0.5, 0.6) is 0 Å². The van der Waals surface area contributed by atoms with Crippen LogP contribution in [0.15, 0.2) is 4.99 Å². The van der Waals surface area contributed by atoms with Crippen LogP contribution < -0.4 is 59.7 Å². The second-order valence-corrected chi connectivity index (χ2v) is 17.4. The molecule has 0 spiro atoms. The van der Waals surface area contributed by atoms with Gasteiger partial charge in [-0.15, -0.1) is 0 Å². The van der Waals surface area contributed by atoms with E-state index in [4.69, 9.17) is 17.2 Å². The number of carbonyl (C=O) groups is 11. The van der Waals surface area contributed by atoms with Crippen LogP contribution in [0.4, 0.5) is 0 Å². The zero-order chi connectivity index (χ0) is 52.7. The van der Waals surface area contributed by atoms with E-state index in [9.17, 15) is 73.2 Å². The first-order valence-electron chi connectivity index (χ1n) is 22.0. The standard InChI is InChI=1S/C41H72N12O15/c1-17(2)15-25(50-37(64)26(16-28(57)58)49-34(61)23(42)11-10-14-45-41(43)44)36(63)48-24(12-13-27(55)56)35(62)51-30(19(5)6)39(66)52-29(18(3)4)38(65)47-20(7)32(59)46-21(8)33(60)53-31(22(9)54)40(67)68/h17-26,29-31,54H,10-16,42H2,1-9H3,(H,46,59)(H,47,65)(H,48,63)(H,49,61)(H,50,64)(H,51,62)(H,52,66)(H,53,60)(H,55,56)(H,57,58)(H,67,68)(H4,43,44,45)/t20-,21-,22+,23-,24-,25-,26-,29-,30-,31-/m0/s1. The molecule has 0 unspecified atom stereocenters. The average molecular weight is 973 g/mol. The number of nitrogens with one attached hydrogen (secondary N) is 8. The van der Waals surface area contributed by atoms with Crippen molar-refractivity contribution in [2.45, 2.75) is 161 Å². The van der Waals surface area contributed by atoms with Crippen molar-refractivity contribution in [2.75, 3.05) is 6.54 Å². The summed E-state index contributed by atoms with van der Waals surface area (Å²) in [6.07, 6.45) is -3.26. The van der Waals surface area contributed by atoms with Crippen molar-refractivity contribution in [1.29, 1.82) is 0 Å². The van der Waals surface area contributed by atoms with Crippen LogP contribution in [-0.4, -0.2) is 159 Å². The number of hydrogen-bond donors (Lipinski definition) is 15. The molecule has 8 amide bonds. The van der Waals surface area contributed by atoms with Crippen molar-refractivity contribution >= 4 is 71.1 Å². The average Bonchev–Trinajstić information content (AvgIpc) is 3.21. The lowest BCUT2D eigenvalue weighted by Gasteiger charge is -2.30. The SMILES string of the molecule is CC(C)C[C@H](NC(=O)[C@H](CC(=O)O)NC(=O)[C@@H](N)CCCN=C(N)N)C(=O)N[C@@H](CCC(=O)O)C(=O)N[C@H](C(=O)N[C@H](C(=O)N[C@@H](C)C(=O)N[C@@H](C)C(=O)N[C@H](C(=O)O)[C@@H](C)O)C(C)C)C(C)C. The summed E-state index contributed by atoms with van der Waals surface area (Å²) in [7, 11) is 0. The van der Waals surface area contributed by atoms with Crippen molar-refractivity contribution < 1.29 is 73.2 Å². The lowest BCUT2D eigenvalue weighted by molar-refractivity contribution is -0.145. The molecule has 0 saturated carbocycles. The fraction of sp³-hybridized carbons (Fsp3) is 0.707. The van der Waals surface area contributed by atoms with E-state index in [1.807, 2.05) is 0 Å². The third kappa shape index (κ3) is 23.2. The number of carboxylic acids is 3. The number of aliphatic hydroxyl groups is 1. The second-order valence-electron chi connectivity index (χ2n) is 17.4. The predicted octanol–water partition coefficient (Wildman–Crippen LogP) is -4.55. The van der Waals surface area contributed by atoms with Crippen molar-refractivity contribution in [1.82, 2.24) is 42.5 Å². The highest BCUT2D eigenvalue weighted by Gasteiger charge is 2.36. The highest BCUT2D eigenvalue weighted by molar-refractivity contribution is 5.98. The summed E-state index contributed by atoms with van der Waals surface area (Å²) in [4.78, 5) is 145. The minimum Gasteiger partial charge on any atom is -0.481 e. The topological polar surface area (TPSA) is 455 Å². The van der Waals surface area contributed by atoms with Gasteiger partial charge in [-0.05, 0) is 64.2 Å². The Morgan fingerprint density at radius 2 is 0.926 bits per heavy atom. The van der Waals surface area contributed by atoms with Crippen LogP contribution in [0, 0.1) is 17.8 Å². The normalized spacial score (nSPS) is 15.6. The number of aliphatic carboxylic acids is 3. The number of hydrogen-bond acceptors (Lipinski definition) is 14. The number of rotatable bonds is 31. The van der Waals surface area contributed by atoms with Gasteiger partial charge in [0.2, 0.25) is 47.3 Å². The van der Waals surface area contributed by atoms with E-state index in [0.29, 0.717) is 0 Å². The van der Waals surface area contributed by atoms with Crippen LogP contribution in [0.1, 0.15) is 101 Å². The van der Waals surface area contributed by atoms with Gasteiger partial charge >= 0.3 is 17.9 Å². The van der Waals surface area contributed by atoms with Gasteiger partial charge in [0.05, 0.1) is 18.6 Å². The van der Waals surface area contributed by atoms with Crippen LogP contribution in [0.2, 0.25) is 0 Å². The van der Waals surface area contributed by atoms with E-state index in [1.54, 1.807) is 41.5 Å². The highest BCUT2D eigenvalue weighted by Crippen LogP contribution is 2.12. The summed E-state index contributed by atoms with van der Waals surface area (Å²) >= 11 is 0. The molecule has 68 heavy (non-hydrogen) atoms. The fourth-order valence-electron chi connectivity index (χ4n) is 6.10. The van der Waals surface area contributed by atoms with Gasteiger partial charge < -0.3 is 80.2 Å². The van der Waals surface area contributed by atoms with Gasteiger partial charge in [-0.2, -0.15) is 0 Å². The molecule has 0 fully saturated rings. The number of nitrogens with zero attached hydrogens (tertiary/aromatic N) is 1. The van der Waals surface area contributed by atoms with Gasteiger partial charge in [0.1, 0.15) is 42.3 Å². The summed E-state index contributed by atoms with van der Waals surface area (Å²) in [5.41, 5.74) is 16.5. The van der Waals surface area contributed by atoms with Crippen LogP contribution in [0.3, 0.4) is 0 Å². The number of nitrogens with two attached hydrogens (primary N) is 3. The number of carbonyl (C=O) groups excluding carboxylic acids is 8. The van der Waals surface area contributed by atoms with E-state index in [2.05, 4.69) is 47.5 Å². The zero-order valence-electron chi connectivity index (χ0n) is 39.9. The van der Waals surface area contributed by atoms with Gasteiger partial charge in [0.25, 0.3) is 0 Å². The molecule has 18 N–H and O–H groups in total. The van der Waals surface area contributed by atoms with E-state index >= 15 is 0 Å². The number of aliphatic hydroxyl groups excluding tert-OH is 1. The van der Waals surface area contributed by atoms with Gasteiger partial charge in [-0.25, -0.2) is 4.79 Å². The third-order valence-corrected chi connectivity index (χ3v) is 9.98. The predicted molar refractivity (Wildman–Crippen MR) is 242 cm³/mol. The Morgan fingerprint density at radius 3 is 1.38 bits per heavy atom. The Labute approximate surface area is 394 Å². The van der Waals surface area contributed by atoms with Crippen molar-refractivity contribution in [3.8, 4) is 0 Å². The molecule has 27 heteroatoms. The van der Waals surface area contributed by atoms with E-state index < -0.39 is 157 Å². The quantitative estimate of drug-likeness (QED) is 0.0177. The van der Waals surface area contributed by atoms with Gasteiger partial charge in [0, 0.05) is 13.0 Å². The lowest BCUT2D eigenvalue weighted by Crippen LogP contribution is -2.61. The molecule has 0 heterocycles. The Morgan fingerprint density at radius 1 is 0.500 bits per heavy atom. The Bertz CT molecular complexity index is 1820. The summed E-state index contributed by atoms with van der Waals surface area (Å²) in [6, 6.07) is -13.0. The molecule has 0 aliphatic carbocycles. The van der Waals surface area contributed by atoms with Crippen molar-refractivity contribution in [3.05, 3.63) is 0 Å². The fourth-order valence-corrected chi connectivity index (χ4v) is 6.10. The molecule has 0 aromatic rings. The lowest BCUT2D eigenvalue weighted by atomic mass is 9.98. The molecular formula is C41H72N12O15. The largest absolute Gasteiger partial charge is 0.481 e. The molecule has 0 aromatic heterocycles.